The van der Waals surface area contributed by atoms with Gasteiger partial charge in [0, 0.05) is 24.6 Å². The summed E-state index contributed by atoms with van der Waals surface area (Å²) in [6.07, 6.45) is 2.71. The summed E-state index contributed by atoms with van der Waals surface area (Å²) < 4.78 is 33.5. The van der Waals surface area contributed by atoms with E-state index in [9.17, 15) is 18.0 Å². The molecule has 0 spiro atoms. The molecular formula is C26H29N3O5S. The summed E-state index contributed by atoms with van der Waals surface area (Å²) in [5.74, 6) is 0.323. The molecule has 2 heterocycles. The fourth-order valence-corrected chi connectivity index (χ4v) is 5.22. The van der Waals surface area contributed by atoms with Gasteiger partial charge in [-0.05, 0) is 80.3 Å². The Balaban J connectivity index is 1.33. The van der Waals surface area contributed by atoms with Crippen LogP contribution in [0.1, 0.15) is 40.1 Å². The van der Waals surface area contributed by atoms with Crippen LogP contribution in [-0.2, 0) is 21.4 Å². The Morgan fingerprint density at radius 1 is 1.00 bits per heavy atom. The first kappa shape index (κ1) is 24.5. The number of sulfonamides is 1. The summed E-state index contributed by atoms with van der Waals surface area (Å²) in [6, 6.07) is 15.0. The van der Waals surface area contributed by atoms with Crippen molar-refractivity contribution in [1.82, 2.24) is 10.2 Å². The molecule has 9 heteroatoms. The predicted octanol–water partition coefficient (Wildman–Crippen LogP) is 3.87. The number of furan rings is 1. The first-order valence-corrected chi connectivity index (χ1v) is 13.0. The Bertz CT molecular complexity index is 1290. The molecule has 3 aromatic rings. The van der Waals surface area contributed by atoms with E-state index in [1.54, 1.807) is 35.4 Å². The minimum Gasteiger partial charge on any atom is -0.467 e. The van der Waals surface area contributed by atoms with Crippen LogP contribution < -0.4 is 10.0 Å². The van der Waals surface area contributed by atoms with Crippen LogP contribution in [-0.4, -0.2) is 38.2 Å². The molecule has 2 amide bonds. The number of nitrogens with zero attached hydrogens (tertiary/aromatic N) is 1. The third kappa shape index (κ3) is 5.74. The molecule has 1 fully saturated rings. The topological polar surface area (TPSA) is 109 Å². The number of likely N-dealkylation sites (tertiary alicyclic amines) is 1. The van der Waals surface area contributed by atoms with Gasteiger partial charge in [0.15, 0.2) is 0 Å². The van der Waals surface area contributed by atoms with E-state index in [2.05, 4.69) is 10.0 Å². The quantitative estimate of drug-likeness (QED) is 0.517. The maximum Gasteiger partial charge on any atom is 0.261 e. The number of carbonyl (C=O) groups is 2. The van der Waals surface area contributed by atoms with Crippen molar-refractivity contribution in [2.45, 2.75) is 38.1 Å². The Labute approximate surface area is 205 Å². The molecule has 0 radical (unpaired) electrons. The zero-order chi connectivity index (χ0) is 25.0. The van der Waals surface area contributed by atoms with E-state index in [0.29, 0.717) is 49.5 Å². The van der Waals surface area contributed by atoms with Gasteiger partial charge in [-0.25, -0.2) is 8.42 Å². The molecule has 0 aliphatic carbocycles. The molecule has 4 rings (SSSR count). The average molecular weight is 496 g/mol. The first-order chi connectivity index (χ1) is 16.7. The van der Waals surface area contributed by atoms with Gasteiger partial charge in [0.05, 0.1) is 23.4 Å². The van der Waals surface area contributed by atoms with Crippen molar-refractivity contribution in [3.8, 4) is 0 Å². The zero-order valence-electron chi connectivity index (χ0n) is 19.8. The number of aryl methyl sites for hydroxylation is 1. The van der Waals surface area contributed by atoms with Gasteiger partial charge >= 0.3 is 0 Å². The van der Waals surface area contributed by atoms with Gasteiger partial charge in [0.1, 0.15) is 5.76 Å². The van der Waals surface area contributed by atoms with E-state index in [1.807, 2.05) is 19.9 Å². The Kier molecular flexibility index (Phi) is 7.25. The van der Waals surface area contributed by atoms with Gasteiger partial charge in [-0.15, -0.1) is 0 Å². The van der Waals surface area contributed by atoms with Gasteiger partial charge in [-0.3, -0.25) is 14.3 Å². The molecule has 2 aromatic carbocycles. The lowest BCUT2D eigenvalue weighted by molar-refractivity contribution is -0.126. The molecule has 0 atom stereocenters. The lowest BCUT2D eigenvalue weighted by atomic mass is 9.95. The lowest BCUT2D eigenvalue weighted by Crippen LogP contribution is -2.42. The Hall–Kier alpha value is -3.59. The number of piperidine rings is 1. The minimum atomic E-state index is -3.78. The van der Waals surface area contributed by atoms with Crippen molar-refractivity contribution in [3.63, 3.8) is 0 Å². The summed E-state index contributed by atoms with van der Waals surface area (Å²) in [6.45, 7) is 5.06. The second kappa shape index (κ2) is 10.4. The van der Waals surface area contributed by atoms with Crippen LogP contribution in [0.5, 0.6) is 0 Å². The van der Waals surface area contributed by atoms with Gasteiger partial charge in [0.25, 0.3) is 15.9 Å². The van der Waals surface area contributed by atoms with E-state index in [1.165, 1.54) is 24.3 Å². The van der Waals surface area contributed by atoms with Crippen molar-refractivity contribution in [2.75, 3.05) is 17.8 Å². The molecule has 8 nitrogen and oxygen atoms in total. The van der Waals surface area contributed by atoms with Crippen LogP contribution in [0.2, 0.25) is 0 Å². The SMILES string of the molecule is Cc1cccc(NS(=O)(=O)c2ccc(C(=O)N3CCC(C(=O)NCc4ccco4)CC3)cc2)c1C. The number of hydrogen-bond acceptors (Lipinski definition) is 5. The largest absolute Gasteiger partial charge is 0.467 e. The summed E-state index contributed by atoms with van der Waals surface area (Å²) in [7, 11) is -3.78. The maximum absolute atomic E-state index is 12.9. The standard InChI is InChI=1S/C26H29N3O5S/c1-18-5-3-7-24(19(18)2)28-35(32,33)23-10-8-21(9-11-23)26(31)29-14-12-20(13-15-29)25(30)27-17-22-6-4-16-34-22/h3-11,16,20,28H,12-15,17H2,1-2H3,(H,27,30). The fourth-order valence-electron chi connectivity index (χ4n) is 4.10. The molecule has 1 saturated heterocycles. The number of carbonyl (C=O) groups excluding carboxylic acids is 2. The highest BCUT2D eigenvalue weighted by Gasteiger charge is 2.28. The van der Waals surface area contributed by atoms with Crippen LogP contribution in [0, 0.1) is 19.8 Å². The average Bonchev–Trinajstić information content (AvgIpc) is 3.39. The van der Waals surface area contributed by atoms with Gasteiger partial charge in [-0.1, -0.05) is 12.1 Å². The van der Waals surface area contributed by atoms with E-state index in [-0.39, 0.29) is 22.6 Å². The highest BCUT2D eigenvalue weighted by Crippen LogP contribution is 2.23. The number of amides is 2. The normalized spacial score (nSPS) is 14.5. The monoisotopic (exact) mass is 495 g/mol. The third-order valence-electron chi connectivity index (χ3n) is 6.43. The van der Waals surface area contributed by atoms with Crippen LogP contribution in [0.4, 0.5) is 5.69 Å². The number of hydrogen-bond donors (Lipinski definition) is 2. The molecule has 0 unspecified atom stereocenters. The molecule has 1 aromatic heterocycles. The molecular weight excluding hydrogens is 466 g/mol. The van der Waals surface area contributed by atoms with Gasteiger partial charge in [-0.2, -0.15) is 0 Å². The third-order valence-corrected chi connectivity index (χ3v) is 7.81. The van der Waals surface area contributed by atoms with Crippen molar-refractivity contribution >= 4 is 27.5 Å². The Morgan fingerprint density at radius 3 is 2.37 bits per heavy atom. The van der Waals surface area contributed by atoms with E-state index < -0.39 is 10.0 Å². The van der Waals surface area contributed by atoms with Crippen LogP contribution in [0.15, 0.2) is 70.2 Å². The van der Waals surface area contributed by atoms with E-state index >= 15 is 0 Å². The van der Waals surface area contributed by atoms with Gasteiger partial charge < -0.3 is 14.6 Å². The van der Waals surface area contributed by atoms with Crippen LogP contribution in [0.3, 0.4) is 0 Å². The summed E-state index contributed by atoms with van der Waals surface area (Å²) in [5.41, 5.74) is 2.79. The molecule has 1 aliphatic heterocycles. The van der Waals surface area contributed by atoms with Crippen LogP contribution in [0.25, 0.3) is 0 Å². The number of rotatable bonds is 7. The molecule has 184 valence electrons. The summed E-state index contributed by atoms with van der Waals surface area (Å²) in [4.78, 5) is 27.1. The second-order valence-corrected chi connectivity index (χ2v) is 10.4. The zero-order valence-corrected chi connectivity index (χ0v) is 20.6. The van der Waals surface area contributed by atoms with E-state index in [0.717, 1.165) is 11.1 Å². The number of nitrogens with one attached hydrogen (secondary N) is 2. The van der Waals surface area contributed by atoms with E-state index in [4.69, 9.17) is 4.42 Å². The molecule has 35 heavy (non-hydrogen) atoms. The summed E-state index contributed by atoms with van der Waals surface area (Å²) >= 11 is 0. The van der Waals surface area contributed by atoms with Crippen molar-refractivity contribution < 1.29 is 22.4 Å². The van der Waals surface area contributed by atoms with Gasteiger partial charge in [0.2, 0.25) is 5.91 Å². The number of anilines is 1. The van der Waals surface area contributed by atoms with Crippen molar-refractivity contribution in [2.24, 2.45) is 5.92 Å². The minimum absolute atomic E-state index is 0.0422. The smallest absolute Gasteiger partial charge is 0.261 e. The Morgan fingerprint density at radius 2 is 1.71 bits per heavy atom. The highest BCUT2D eigenvalue weighted by atomic mass is 32.2. The van der Waals surface area contributed by atoms with Crippen molar-refractivity contribution in [1.29, 1.82) is 0 Å². The van der Waals surface area contributed by atoms with Crippen molar-refractivity contribution in [3.05, 3.63) is 83.3 Å². The second-order valence-electron chi connectivity index (χ2n) is 8.74. The first-order valence-electron chi connectivity index (χ1n) is 11.5. The fraction of sp³-hybridized carbons (Fsp3) is 0.308. The summed E-state index contributed by atoms with van der Waals surface area (Å²) in [5, 5.41) is 2.88. The highest BCUT2D eigenvalue weighted by molar-refractivity contribution is 7.92. The predicted molar refractivity (Wildman–Crippen MR) is 132 cm³/mol. The molecule has 2 N–H and O–H groups in total. The molecule has 0 saturated carbocycles. The number of benzene rings is 2. The van der Waals surface area contributed by atoms with Crippen LogP contribution >= 0.6 is 0 Å². The molecule has 1 aliphatic rings. The molecule has 0 bridgehead atoms. The maximum atomic E-state index is 12.9. The lowest BCUT2D eigenvalue weighted by Gasteiger charge is -2.31.